The summed E-state index contributed by atoms with van der Waals surface area (Å²) < 4.78 is 33.2. The molecule has 0 unspecified atom stereocenters. The van der Waals surface area contributed by atoms with E-state index in [1.807, 2.05) is 0 Å². The van der Waals surface area contributed by atoms with Gasteiger partial charge in [0.15, 0.2) is 0 Å². The van der Waals surface area contributed by atoms with E-state index in [1.165, 1.54) is 6.07 Å². The van der Waals surface area contributed by atoms with Gasteiger partial charge < -0.3 is 9.42 Å². The van der Waals surface area contributed by atoms with Crippen LogP contribution in [0.5, 0.6) is 0 Å². The van der Waals surface area contributed by atoms with E-state index in [1.54, 1.807) is 41.3 Å². The SMILES string of the molecule is O=C(C1CC1)N1CCc2cc(S(=O)(=O)NCc3nc(-c4ccc(Cl)cc4)no3)ccc21. The second kappa shape index (κ2) is 7.74. The maximum atomic E-state index is 12.8. The fourth-order valence-electron chi connectivity index (χ4n) is 3.61. The molecule has 0 spiro atoms. The normalized spacial score (nSPS) is 15.8. The second-order valence-corrected chi connectivity index (χ2v) is 9.85. The molecule has 2 heterocycles. The molecule has 1 aliphatic carbocycles. The predicted molar refractivity (Wildman–Crippen MR) is 114 cm³/mol. The number of amides is 1. The number of carbonyl (C=O) groups is 1. The van der Waals surface area contributed by atoms with Gasteiger partial charge in [-0.1, -0.05) is 16.8 Å². The van der Waals surface area contributed by atoms with Crippen LogP contribution >= 0.6 is 11.6 Å². The number of fused-ring (bicyclic) bond motifs is 1. The summed E-state index contributed by atoms with van der Waals surface area (Å²) in [6.07, 6.45) is 2.53. The molecule has 1 fully saturated rings. The molecule has 0 bridgehead atoms. The van der Waals surface area contributed by atoms with Crippen molar-refractivity contribution in [2.45, 2.75) is 30.7 Å². The first-order valence-corrected chi connectivity index (χ1v) is 11.8. The summed E-state index contributed by atoms with van der Waals surface area (Å²) in [7, 11) is -3.78. The molecular weight excluding hydrogens is 440 g/mol. The number of benzene rings is 2. The Morgan fingerprint density at radius 3 is 2.71 bits per heavy atom. The number of rotatable bonds is 6. The molecule has 8 nitrogen and oxygen atoms in total. The van der Waals surface area contributed by atoms with Crippen molar-refractivity contribution in [1.29, 1.82) is 0 Å². The van der Waals surface area contributed by atoms with Gasteiger partial charge in [0.1, 0.15) is 0 Å². The summed E-state index contributed by atoms with van der Waals surface area (Å²) in [5.41, 5.74) is 2.38. The number of halogens is 1. The van der Waals surface area contributed by atoms with E-state index in [0.717, 1.165) is 24.1 Å². The van der Waals surface area contributed by atoms with Crippen LogP contribution in [0.15, 0.2) is 51.9 Å². The maximum Gasteiger partial charge on any atom is 0.242 e. The first-order valence-electron chi connectivity index (χ1n) is 9.93. The highest BCUT2D eigenvalue weighted by atomic mass is 35.5. The molecule has 1 aliphatic heterocycles. The van der Waals surface area contributed by atoms with Crippen molar-refractivity contribution in [3.63, 3.8) is 0 Å². The average molecular weight is 459 g/mol. The molecule has 2 aromatic carbocycles. The zero-order chi connectivity index (χ0) is 21.6. The van der Waals surface area contributed by atoms with Gasteiger partial charge in [0.2, 0.25) is 27.6 Å². The summed E-state index contributed by atoms with van der Waals surface area (Å²) in [6.45, 7) is 0.462. The van der Waals surface area contributed by atoms with Crippen molar-refractivity contribution in [3.05, 3.63) is 58.9 Å². The van der Waals surface area contributed by atoms with Crippen LogP contribution in [0.3, 0.4) is 0 Å². The van der Waals surface area contributed by atoms with Gasteiger partial charge in [-0.25, -0.2) is 13.1 Å². The van der Waals surface area contributed by atoms with Crippen LogP contribution < -0.4 is 9.62 Å². The quantitative estimate of drug-likeness (QED) is 0.608. The molecule has 2 aliphatic rings. The summed E-state index contributed by atoms with van der Waals surface area (Å²) in [6, 6.07) is 11.8. The Morgan fingerprint density at radius 1 is 1.19 bits per heavy atom. The van der Waals surface area contributed by atoms with Crippen molar-refractivity contribution in [2.24, 2.45) is 5.92 Å². The molecule has 1 saturated carbocycles. The molecule has 3 aromatic rings. The lowest BCUT2D eigenvalue weighted by atomic mass is 10.2. The van der Waals surface area contributed by atoms with Gasteiger partial charge in [-0.15, -0.1) is 0 Å². The highest BCUT2D eigenvalue weighted by molar-refractivity contribution is 7.89. The number of nitrogens with zero attached hydrogens (tertiary/aromatic N) is 3. The fourth-order valence-corrected chi connectivity index (χ4v) is 4.76. The van der Waals surface area contributed by atoms with Crippen molar-refractivity contribution in [1.82, 2.24) is 14.9 Å². The van der Waals surface area contributed by atoms with E-state index < -0.39 is 10.0 Å². The average Bonchev–Trinajstić information content (AvgIpc) is 3.36. The maximum absolute atomic E-state index is 12.8. The molecular formula is C21H19ClN4O4S. The van der Waals surface area contributed by atoms with Crippen LogP contribution in [0, 0.1) is 5.92 Å². The molecule has 5 rings (SSSR count). The Hall–Kier alpha value is -2.75. The third kappa shape index (κ3) is 4.08. The number of hydrogen-bond acceptors (Lipinski definition) is 6. The largest absolute Gasteiger partial charge is 0.338 e. The Balaban J connectivity index is 1.28. The van der Waals surface area contributed by atoms with Gasteiger partial charge in [0.25, 0.3) is 0 Å². The second-order valence-electron chi connectivity index (χ2n) is 7.65. The van der Waals surface area contributed by atoms with E-state index in [4.69, 9.17) is 16.1 Å². The summed E-state index contributed by atoms with van der Waals surface area (Å²) in [4.78, 5) is 18.5. The Kier molecular flexibility index (Phi) is 5.04. The van der Waals surface area contributed by atoms with Gasteiger partial charge in [-0.05, 0) is 67.3 Å². The molecule has 10 heteroatoms. The third-order valence-electron chi connectivity index (χ3n) is 5.43. The van der Waals surface area contributed by atoms with E-state index in [2.05, 4.69) is 14.9 Å². The number of sulfonamides is 1. The highest BCUT2D eigenvalue weighted by Gasteiger charge is 2.36. The van der Waals surface area contributed by atoms with Crippen LogP contribution in [0.25, 0.3) is 11.4 Å². The van der Waals surface area contributed by atoms with Crippen LogP contribution in [0.2, 0.25) is 5.02 Å². The molecule has 1 N–H and O–H groups in total. The zero-order valence-corrected chi connectivity index (χ0v) is 18.0. The van der Waals surface area contributed by atoms with E-state index in [0.29, 0.717) is 29.4 Å². The Bertz CT molecular complexity index is 1250. The predicted octanol–water partition coefficient (Wildman–Crippen LogP) is 3.17. The van der Waals surface area contributed by atoms with E-state index in [-0.39, 0.29) is 29.2 Å². The minimum Gasteiger partial charge on any atom is -0.338 e. The Labute approximate surface area is 184 Å². The molecule has 31 heavy (non-hydrogen) atoms. The lowest BCUT2D eigenvalue weighted by Gasteiger charge is -2.17. The summed E-state index contributed by atoms with van der Waals surface area (Å²) in [5, 5.41) is 4.47. The number of anilines is 1. The van der Waals surface area contributed by atoms with Gasteiger partial charge in [0.05, 0.1) is 11.4 Å². The molecule has 0 radical (unpaired) electrons. The molecule has 1 aromatic heterocycles. The van der Waals surface area contributed by atoms with Crippen molar-refractivity contribution >= 4 is 33.2 Å². The van der Waals surface area contributed by atoms with Crippen molar-refractivity contribution < 1.29 is 17.7 Å². The minimum atomic E-state index is -3.78. The van der Waals surface area contributed by atoms with Gasteiger partial charge in [0, 0.05) is 28.7 Å². The van der Waals surface area contributed by atoms with Crippen LogP contribution in [0.1, 0.15) is 24.3 Å². The third-order valence-corrected chi connectivity index (χ3v) is 7.08. The zero-order valence-electron chi connectivity index (χ0n) is 16.4. The molecule has 0 saturated heterocycles. The van der Waals surface area contributed by atoms with Gasteiger partial charge in [-0.3, -0.25) is 4.79 Å². The first kappa shape index (κ1) is 20.2. The topological polar surface area (TPSA) is 105 Å². The lowest BCUT2D eigenvalue weighted by molar-refractivity contribution is -0.119. The fraction of sp³-hybridized carbons (Fsp3) is 0.286. The van der Waals surface area contributed by atoms with E-state index in [9.17, 15) is 13.2 Å². The molecule has 160 valence electrons. The van der Waals surface area contributed by atoms with Gasteiger partial charge in [-0.2, -0.15) is 4.98 Å². The molecule has 0 atom stereocenters. The number of aromatic nitrogens is 2. The number of hydrogen-bond donors (Lipinski definition) is 1. The number of nitrogens with one attached hydrogen (secondary N) is 1. The number of carbonyl (C=O) groups excluding carboxylic acids is 1. The molecule has 1 amide bonds. The van der Waals surface area contributed by atoms with Crippen LogP contribution in [0.4, 0.5) is 5.69 Å². The van der Waals surface area contributed by atoms with Crippen LogP contribution in [-0.2, 0) is 27.8 Å². The van der Waals surface area contributed by atoms with Crippen molar-refractivity contribution in [3.8, 4) is 11.4 Å². The van der Waals surface area contributed by atoms with Crippen LogP contribution in [-0.4, -0.2) is 31.0 Å². The van der Waals surface area contributed by atoms with E-state index >= 15 is 0 Å². The minimum absolute atomic E-state index is 0.128. The monoisotopic (exact) mass is 458 g/mol. The summed E-state index contributed by atoms with van der Waals surface area (Å²) in [5.74, 6) is 0.767. The first-order chi connectivity index (χ1) is 14.9. The smallest absolute Gasteiger partial charge is 0.242 e. The van der Waals surface area contributed by atoms with Gasteiger partial charge >= 0.3 is 0 Å². The van der Waals surface area contributed by atoms with Crippen molar-refractivity contribution in [2.75, 3.05) is 11.4 Å². The standard InChI is InChI=1S/C21H19ClN4O4S/c22-16-5-3-13(4-6-16)20-24-19(30-25-20)12-23-31(28,29)17-7-8-18-15(11-17)9-10-26(18)21(27)14-1-2-14/h3-8,11,14,23H,1-2,9-10,12H2. The Morgan fingerprint density at radius 2 is 1.97 bits per heavy atom. The lowest BCUT2D eigenvalue weighted by Crippen LogP contribution is -2.30. The summed E-state index contributed by atoms with van der Waals surface area (Å²) >= 11 is 5.88. The highest BCUT2D eigenvalue weighted by Crippen LogP contribution is 2.37.